The number of H-pyrrole nitrogens is 1. The predicted molar refractivity (Wildman–Crippen MR) is 83.4 cm³/mol. The largest absolute Gasteiger partial charge is 0.493 e. The molecular weight excluding hydrogens is 322 g/mol. The van der Waals surface area contributed by atoms with Gasteiger partial charge in [-0.3, -0.25) is 4.79 Å². The van der Waals surface area contributed by atoms with Crippen LogP contribution in [-0.2, 0) is 6.42 Å². The van der Waals surface area contributed by atoms with E-state index in [9.17, 15) is 19.8 Å². The van der Waals surface area contributed by atoms with E-state index in [2.05, 4.69) is 10.1 Å². The van der Waals surface area contributed by atoms with Crippen molar-refractivity contribution >= 4 is 23.2 Å². The standard InChI is InChI=1S/C15H12ClN3O4/c1-7-11(15(22)23)12-17-13(20)10(14(21)19(12)18-7)6-8-2-4-9(16)5-3-8/h2-5,21H,6H2,1H3,(H,17,20)(H,22,23). The molecule has 3 aromatic rings. The van der Waals surface area contributed by atoms with Gasteiger partial charge in [0, 0.05) is 11.4 Å². The van der Waals surface area contributed by atoms with Gasteiger partial charge in [-0.15, -0.1) is 0 Å². The van der Waals surface area contributed by atoms with Crippen LogP contribution in [0.4, 0.5) is 0 Å². The van der Waals surface area contributed by atoms with E-state index in [0.29, 0.717) is 5.02 Å². The van der Waals surface area contributed by atoms with Crippen molar-refractivity contribution in [3.05, 3.63) is 62.0 Å². The number of carboxylic acid groups (broad SMARTS) is 1. The van der Waals surface area contributed by atoms with Gasteiger partial charge in [0.1, 0.15) is 5.56 Å². The normalized spacial score (nSPS) is 11.0. The quantitative estimate of drug-likeness (QED) is 0.679. The molecule has 8 heteroatoms. The summed E-state index contributed by atoms with van der Waals surface area (Å²) in [7, 11) is 0. The number of fused-ring (bicyclic) bond motifs is 1. The van der Waals surface area contributed by atoms with Gasteiger partial charge >= 0.3 is 5.97 Å². The average molecular weight is 334 g/mol. The number of nitrogens with one attached hydrogen (secondary N) is 1. The van der Waals surface area contributed by atoms with Gasteiger partial charge in [-0.05, 0) is 24.6 Å². The zero-order valence-corrected chi connectivity index (χ0v) is 12.8. The molecule has 7 nitrogen and oxygen atoms in total. The molecule has 0 unspecified atom stereocenters. The number of nitrogens with zero attached hydrogens (tertiary/aromatic N) is 2. The molecule has 23 heavy (non-hydrogen) atoms. The number of rotatable bonds is 3. The molecule has 0 aliphatic rings. The van der Waals surface area contributed by atoms with Crippen LogP contribution in [0.15, 0.2) is 29.1 Å². The summed E-state index contributed by atoms with van der Waals surface area (Å²) in [5.74, 6) is -1.60. The molecular formula is C15H12ClN3O4. The number of carbonyl (C=O) groups is 1. The van der Waals surface area contributed by atoms with Crippen molar-refractivity contribution in [1.29, 1.82) is 0 Å². The summed E-state index contributed by atoms with van der Waals surface area (Å²) in [4.78, 5) is 26.0. The minimum atomic E-state index is -1.22. The van der Waals surface area contributed by atoms with Crippen LogP contribution in [0.3, 0.4) is 0 Å². The molecule has 0 fully saturated rings. The van der Waals surface area contributed by atoms with Crippen LogP contribution in [0.1, 0.15) is 27.2 Å². The molecule has 2 aromatic heterocycles. The Labute approximate surface area is 134 Å². The molecule has 0 saturated carbocycles. The predicted octanol–water partition coefficient (Wildman–Crippen LogP) is 1.98. The average Bonchev–Trinajstić information content (AvgIpc) is 2.82. The van der Waals surface area contributed by atoms with Crippen molar-refractivity contribution in [2.45, 2.75) is 13.3 Å². The molecule has 0 amide bonds. The van der Waals surface area contributed by atoms with Crippen LogP contribution < -0.4 is 5.56 Å². The molecule has 0 radical (unpaired) electrons. The minimum absolute atomic E-state index is 0.0441. The third-order valence-corrected chi connectivity index (χ3v) is 3.80. The van der Waals surface area contributed by atoms with Gasteiger partial charge in [-0.1, -0.05) is 23.7 Å². The van der Waals surface area contributed by atoms with E-state index in [4.69, 9.17) is 11.6 Å². The summed E-state index contributed by atoms with van der Waals surface area (Å²) in [6.07, 6.45) is 0.162. The lowest BCUT2D eigenvalue weighted by molar-refractivity contribution is 0.0698. The first kappa shape index (κ1) is 15.1. The van der Waals surface area contributed by atoms with Crippen LogP contribution in [-0.4, -0.2) is 30.8 Å². The highest BCUT2D eigenvalue weighted by Crippen LogP contribution is 2.22. The third-order valence-electron chi connectivity index (χ3n) is 3.54. The Morgan fingerprint density at radius 2 is 2.00 bits per heavy atom. The molecule has 0 bridgehead atoms. The lowest BCUT2D eigenvalue weighted by Crippen LogP contribution is -2.17. The topological polar surface area (TPSA) is 108 Å². The van der Waals surface area contributed by atoms with Gasteiger partial charge < -0.3 is 15.2 Å². The summed E-state index contributed by atoms with van der Waals surface area (Å²) in [6, 6.07) is 6.84. The van der Waals surface area contributed by atoms with Crippen molar-refractivity contribution in [3.63, 3.8) is 0 Å². The molecule has 0 saturated heterocycles. The van der Waals surface area contributed by atoms with Crippen LogP contribution in [0, 0.1) is 6.92 Å². The molecule has 2 heterocycles. The van der Waals surface area contributed by atoms with E-state index in [-0.39, 0.29) is 34.8 Å². The number of aryl methyl sites for hydroxylation is 1. The van der Waals surface area contributed by atoms with Crippen molar-refractivity contribution in [1.82, 2.24) is 14.6 Å². The maximum atomic E-state index is 12.2. The van der Waals surface area contributed by atoms with Crippen molar-refractivity contribution in [3.8, 4) is 5.88 Å². The molecule has 0 atom stereocenters. The number of aromatic amines is 1. The molecule has 118 valence electrons. The van der Waals surface area contributed by atoms with Gasteiger partial charge in [-0.2, -0.15) is 9.61 Å². The number of halogens is 1. The third kappa shape index (κ3) is 2.55. The summed E-state index contributed by atoms with van der Waals surface area (Å²) in [6.45, 7) is 1.49. The molecule has 0 aliphatic carbocycles. The van der Waals surface area contributed by atoms with Crippen molar-refractivity contribution < 1.29 is 15.0 Å². The zero-order chi connectivity index (χ0) is 16.7. The number of benzene rings is 1. The van der Waals surface area contributed by atoms with Gasteiger partial charge in [0.2, 0.25) is 5.88 Å². The first-order valence-electron chi connectivity index (χ1n) is 6.69. The van der Waals surface area contributed by atoms with Crippen molar-refractivity contribution in [2.24, 2.45) is 0 Å². The molecule has 0 aliphatic heterocycles. The van der Waals surface area contributed by atoms with E-state index < -0.39 is 11.5 Å². The highest BCUT2D eigenvalue weighted by atomic mass is 35.5. The van der Waals surface area contributed by atoms with Crippen LogP contribution in [0.2, 0.25) is 5.02 Å². The fourth-order valence-corrected chi connectivity index (χ4v) is 2.56. The second kappa shape index (κ2) is 5.44. The van der Waals surface area contributed by atoms with Crippen LogP contribution in [0.25, 0.3) is 5.65 Å². The fraction of sp³-hybridized carbons (Fsp3) is 0.133. The highest BCUT2D eigenvalue weighted by Gasteiger charge is 2.22. The number of aromatic hydroxyl groups is 1. The van der Waals surface area contributed by atoms with E-state index in [1.165, 1.54) is 6.92 Å². The lowest BCUT2D eigenvalue weighted by Gasteiger charge is -2.06. The number of hydrogen-bond donors (Lipinski definition) is 3. The van der Waals surface area contributed by atoms with E-state index >= 15 is 0 Å². The van der Waals surface area contributed by atoms with Gasteiger partial charge in [-0.25, -0.2) is 4.79 Å². The van der Waals surface area contributed by atoms with E-state index in [1.807, 2.05) is 0 Å². The maximum Gasteiger partial charge on any atom is 0.341 e. The first-order valence-corrected chi connectivity index (χ1v) is 7.07. The minimum Gasteiger partial charge on any atom is -0.493 e. The fourth-order valence-electron chi connectivity index (χ4n) is 2.43. The number of aromatic nitrogens is 3. The van der Waals surface area contributed by atoms with Gasteiger partial charge in [0.05, 0.1) is 11.3 Å². The summed E-state index contributed by atoms with van der Waals surface area (Å²) < 4.78 is 1.03. The second-order valence-corrected chi connectivity index (χ2v) is 5.52. The van der Waals surface area contributed by atoms with Gasteiger partial charge in [0.25, 0.3) is 5.56 Å². The lowest BCUT2D eigenvalue weighted by atomic mass is 10.1. The zero-order valence-electron chi connectivity index (χ0n) is 12.0. The Kier molecular flexibility index (Phi) is 3.57. The van der Waals surface area contributed by atoms with Crippen LogP contribution >= 0.6 is 11.6 Å². The molecule has 1 aromatic carbocycles. The monoisotopic (exact) mass is 333 g/mol. The van der Waals surface area contributed by atoms with Gasteiger partial charge in [0.15, 0.2) is 5.65 Å². The summed E-state index contributed by atoms with van der Waals surface area (Å²) >= 11 is 5.82. The second-order valence-electron chi connectivity index (χ2n) is 5.09. The highest BCUT2D eigenvalue weighted by molar-refractivity contribution is 6.30. The number of carboxylic acids is 1. The summed E-state index contributed by atoms with van der Waals surface area (Å²) in [5, 5.41) is 24.1. The van der Waals surface area contributed by atoms with Crippen molar-refractivity contribution in [2.75, 3.05) is 0 Å². The van der Waals surface area contributed by atoms with E-state index in [0.717, 1.165) is 10.1 Å². The molecule has 0 spiro atoms. The van der Waals surface area contributed by atoms with E-state index in [1.54, 1.807) is 24.3 Å². The smallest absolute Gasteiger partial charge is 0.341 e. The Morgan fingerprint density at radius 1 is 1.35 bits per heavy atom. The Balaban J connectivity index is 2.17. The Hall–Kier alpha value is -2.80. The van der Waals surface area contributed by atoms with Crippen LogP contribution in [0.5, 0.6) is 5.88 Å². The number of hydrogen-bond acceptors (Lipinski definition) is 4. The maximum absolute atomic E-state index is 12.2. The number of aromatic carboxylic acids is 1. The molecule has 3 rings (SSSR count). The SMILES string of the molecule is Cc1nn2c(O)c(Cc3ccc(Cl)cc3)c(=O)[nH]c2c1C(=O)O. The first-order chi connectivity index (χ1) is 10.9. The summed E-state index contributed by atoms with van der Waals surface area (Å²) in [5.41, 5.74) is 0.323. The Morgan fingerprint density at radius 3 is 2.61 bits per heavy atom. The Bertz CT molecular complexity index is 973. The molecule has 3 N–H and O–H groups in total.